The Balaban J connectivity index is 2.87. The third kappa shape index (κ3) is 1.91. The minimum Gasteiger partial charge on any atom is -0.270 e. The Labute approximate surface area is 75.4 Å². The van der Waals surface area contributed by atoms with Gasteiger partial charge >= 0.3 is 5.69 Å². The Hall–Kier alpha value is -0.710. The Morgan fingerprint density at radius 1 is 1.58 bits per heavy atom. The van der Waals surface area contributed by atoms with Gasteiger partial charge in [0.25, 0.3) is 0 Å². The van der Waals surface area contributed by atoms with Gasteiger partial charge in [0, 0.05) is 6.54 Å². The zero-order valence-corrected chi connectivity index (χ0v) is 8.15. The predicted octanol–water partition coefficient (Wildman–Crippen LogP) is 1.09. The molecule has 1 N–H and O–H groups in total. The van der Waals surface area contributed by atoms with Crippen molar-refractivity contribution in [2.45, 2.75) is 32.0 Å². The van der Waals surface area contributed by atoms with E-state index in [1.54, 1.807) is 16.3 Å². The maximum atomic E-state index is 11.1. The van der Waals surface area contributed by atoms with Crippen molar-refractivity contribution in [1.82, 2.24) is 14.8 Å². The van der Waals surface area contributed by atoms with Crippen LogP contribution in [0.3, 0.4) is 0 Å². The number of rotatable bonds is 4. The molecule has 0 atom stereocenters. The summed E-state index contributed by atoms with van der Waals surface area (Å²) in [4.78, 5) is 11.1. The summed E-state index contributed by atoms with van der Waals surface area (Å²) in [5, 5.41) is 7.15. The molecular formula is C7H13N3OS. The SMILES string of the molecule is CCCn1c(SCC)n[nH]c1=O. The van der Waals surface area contributed by atoms with E-state index >= 15 is 0 Å². The number of thioether (sulfide) groups is 1. The summed E-state index contributed by atoms with van der Waals surface area (Å²) >= 11 is 1.58. The fourth-order valence-corrected chi connectivity index (χ4v) is 1.66. The number of hydrogen-bond acceptors (Lipinski definition) is 3. The van der Waals surface area contributed by atoms with Gasteiger partial charge in [-0.3, -0.25) is 4.57 Å². The monoisotopic (exact) mass is 187 g/mol. The predicted molar refractivity (Wildman–Crippen MR) is 49.5 cm³/mol. The van der Waals surface area contributed by atoms with Gasteiger partial charge in [0.15, 0.2) is 5.16 Å². The number of hydrogen-bond donors (Lipinski definition) is 1. The van der Waals surface area contributed by atoms with E-state index in [4.69, 9.17) is 0 Å². The Morgan fingerprint density at radius 2 is 2.33 bits per heavy atom. The van der Waals surface area contributed by atoms with Gasteiger partial charge in [0.05, 0.1) is 0 Å². The average Bonchev–Trinajstić information content (AvgIpc) is 2.37. The van der Waals surface area contributed by atoms with Crippen molar-refractivity contribution >= 4 is 11.8 Å². The fourth-order valence-electron chi connectivity index (χ4n) is 0.963. The van der Waals surface area contributed by atoms with Gasteiger partial charge in [-0.25, -0.2) is 9.89 Å². The van der Waals surface area contributed by atoms with Crippen LogP contribution in [0, 0.1) is 0 Å². The molecule has 1 aromatic heterocycles. The summed E-state index contributed by atoms with van der Waals surface area (Å²) in [6.07, 6.45) is 0.955. The smallest absolute Gasteiger partial charge is 0.270 e. The second-order valence-electron chi connectivity index (χ2n) is 2.40. The first-order chi connectivity index (χ1) is 5.79. The average molecular weight is 187 g/mol. The highest BCUT2D eigenvalue weighted by Crippen LogP contribution is 2.11. The van der Waals surface area contributed by atoms with Gasteiger partial charge in [-0.1, -0.05) is 25.6 Å². The molecule has 0 aliphatic heterocycles. The van der Waals surface area contributed by atoms with E-state index < -0.39 is 0 Å². The van der Waals surface area contributed by atoms with Crippen LogP contribution in [-0.4, -0.2) is 20.5 Å². The van der Waals surface area contributed by atoms with Crippen molar-refractivity contribution in [3.63, 3.8) is 0 Å². The van der Waals surface area contributed by atoms with Gasteiger partial charge in [-0.05, 0) is 12.2 Å². The zero-order chi connectivity index (χ0) is 8.97. The quantitative estimate of drug-likeness (QED) is 0.718. The van der Waals surface area contributed by atoms with Crippen molar-refractivity contribution < 1.29 is 0 Å². The molecule has 1 heterocycles. The van der Waals surface area contributed by atoms with Crippen LogP contribution in [0.2, 0.25) is 0 Å². The Bertz CT molecular complexity index is 291. The van der Waals surface area contributed by atoms with E-state index in [2.05, 4.69) is 10.2 Å². The van der Waals surface area contributed by atoms with Crippen molar-refractivity contribution in [3.8, 4) is 0 Å². The van der Waals surface area contributed by atoms with Crippen molar-refractivity contribution in [2.75, 3.05) is 5.75 Å². The largest absolute Gasteiger partial charge is 0.343 e. The summed E-state index contributed by atoms with van der Waals surface area (Å²) < 4.78 is 1.67. The maximum Gasteiger partial charge on any atom is 0.343 e. The molecule has 0 fully saturated rings. The Kier molecular flexibility index (Phi) is 3.40. The van der Waals surface area contributed by atoms with Crippen molar-refractivity contribution in [1.29, 1.82) is 0 Å². The van der Waals surface area contributed by atoms with Gasteiger partial charge in [-0.2, -0.15) is 0 Å². The first kappa shape index (κ1) is 9.38. The van der Waals surface area contributed by atoms with Gasteiger partial charge < -0.3 is 0 Å². The van der Waals surface area contributed by atoms with Crippen LogP contribution < -0.4 is 5.69 Å². The van der Waals surface area contributed by atoms with Gasteiger partial charge in [0.2, 0.25) is 0 Å². The highest BCUT2D eigenvalue weighted by molar-refractivity contribution is 7.99. The molecule has 1 aromatic rings. The van der Waals surface area contributed by atoms with Gasteiger partial charge in [-0.15, -0.1) is 5.10 Å². The van der Waals surface area contributed by atoms with Crippen molar-refractivity contribution in [2.24, 2.45) is 0 Å². The lowest BCUT2D eigenvalue weighted by Crippen LogP contribution is -2.17. The molecule has 0 aliphatic rings. The van der Waals surface area contributed by atoms with Crippen LogP contribution >= 0.6 is 11.8 Å². The zero-order valence-electron chi connectivity index (χ0n) is 7.33. The summed E-state index contributed by atoms with van der Waals surface area (Å²) in [5.74, 6) is 0.938. The minimum absolute atomic E-state index is 0.104. The molecule has 5 heteroatoms. The second-order valence-corrected chi connectivity index (χ2v) is 3.63. The third-order valence-electron chi connectivity index (χ3n) is 1.44. The Morgan fingerprint density at radius 3 is 2.92 bits per heavy atom. The van der Waals surface area contributed by atoms with E-state index in [9.17, 15) is 4.79 Å². The molecule has 68 valence electrons. The first-order valence-corrected chi connectivity index (χ1v) is 5.06. The molecule has 0 saturated heterocycles. The van der Waals surface area contributed by atoms with E-state index in [0.29, 0.717) is 0 Å². The lowest BCUT2D eigenvalue weighted by Gasteiger charge is -2.00. The molecule has 12 heavy (non-hydrogen) atoms. The number of aromatic nitrogens is 3. The lowest BCUT2D eigenvalue weighted by molar-refractivity contribution is 0.604. The fraction of sp³-hybridized carbons (Fsp3) is 0.714. The topological polar surface area (TPSA) is 50.7 Å². The molecule has 0 unspecified atom stereocenters. The maximum absolute atomic E-state index is 11.1. The molecule has 1 rings (SSSR count). The van der Waals surface area contributed by atoms with E-state index in [1.807, 2.05) is 13.8 Å². The molecule has 0 aromatic carbocycles. The molecule has 0 spiro atoms. The molecule has 4 nitrogen and oxygen atoms in total. The van der Waals surface area contributed by atoms with Crippen LogP contribution in [0.4, 0.5) is 0 Å². The molecule has 0 bridgehead atoms. The summed E-state index contributed by atoms with van der Waals surface area (Å²) in [5.41, 5.74) is -0.104. The third-order valence-corrected chi connectivity index (χ3v) is 2.30. The summed E-state index contributed by atoms with van der Waals surface area (Å²) in [6.45, 7) is 4.83. The lowest BCUT2D eigenvalue weighted by atomic mass is 10.5. The number of aromatic amines is 1. The standard InChI is InChI=1S/C7H13N3OS/c1-3-5-10-6(11)8-9-7(10)12-4-2/h3-5H2,1-2H3,(H,8,11). The van der Waals surface area contributed by atoms with Crippen LogP contribution in [0.5, 0.6) is 0 Å². The van der Waals surface area contributed by atoms with E-state index in [1.165, 1.54) is 0 Å². The van der Waals surface area contributed by atoms with Crippen LogP contribution in [0.25, 0.3) is 0 Å². The number of nitrogens with one attached hydrogen (secondary N) is 1. The molecule has 0 saturated carbocycles. The molecule has 0 amide bonds. The number of nitrogens with zero attached hydrogens (tertiary/aromatic N) is 2. The summed E-state index contributed by atoms with van der Waals surface area (Å²) in [7, 11) is 0. The minimum atomic E-state index is -0.104. The normalized spacial score (nSPS) is 10.5. The highest BCUT2D eigenvalue weighted by atomic mass is 32.2. The first-order valence-electron chi connectivity index (χ1n) is 4.07. The molecular weight excluding hydrogens is 174 g/mol. The second kappa shape index (κ2) is 4.35. The van der Waals surface area contributed by atoms with Crippen LogP contribution in [0.1, 0.15) is 20.3 Å². The highest BCUT2D eigenvalue weighted by Gasteiger charge is 2.05. The van der Waals surface area contributed by atoms with E-state index in [0.717, 1.165) is 23.9 Å². The number of H-pyrrole nitrogens is 1. The van der Waals surface area contributed by atoms with Crippen molar-refractivity contribution in [3.05, 3.63) is 10.5 Å². The van der Waals surface area contributed by atoms with Crippen LogP contribution in [-0.2, 0) is 6.54 Å². The van der Waals surface area contributed by atoms with E-state index in [-0.39, 0.29) is 5.69 Å². The summed E-state index contributed by atoms with van der Waals surface area (Å²) in [6, 6.07) is 0. The van der Waals surface area contributed by atoms with Gasteiger partial charge in [0.1, 0.15) is 0 Å². The molecule has 0 radical (unpaired) electrons. The molecule has 0 aliphatic carbocycles. The van der Waals surface area contributed by atoms with Crippen LogP contribution in [0.15, 0.2) is 9.95 Å².